The van der Waals surface area contributed by atoms with Gasteiger partial charge in [0.05, 0.1) is 6.10 Å². The van der Waals surface area contributed by atoms with Crippen LogP contribution in [0.25, 0.3) is 0 Å². The average Bonchev–Trinajstić information content (AvgIpc) is 3.18. The summed E-state index contributed by atoms with van der Waals surface area (Å²) in [6.07, 6.45) is 38.4. The van der Waals surface area contributed by atoms with Crippen LogP contribution in [0.4, 0.5) is 4.79 Å². The number of alkyl carbamates (subject to hydrolysis) is 1. The van der Waals surface area contributed by atoms with Crippen molar-refractivity contribution >= 4 is 18.0 Å². The number of ether oxygens (including phenoxy) is 3. The second-order valence-corrected chi connectivity index (χ2v) is 18.7. The first-order valence-electron chi connectivity index (χ1n) is 25.6. The highest BCUT2D eigenvalue weighted by Gasteiger charge is 2.17. The van der Waals surface area contributed by atoms with Crippen LogP contribution >= 0.6 is 0 Å². The van der Waals surface area contributed by atoms with E-state index in [9.17, 15) is 14.4 Å². The SMILES string of the molecule is CCCCCCCCC(C)OC(=O)CCCCCCCN(CCCCCCCC(=O)OC(CCCCCCCC)CCCCCCCC)CCCNC(=O)OC(C)(C)C. The lowest BCUT2D eigenvalue weighted by Gasteiger charge is -2.23. The summed E-state index contributed by atoms with van der Waals surface area (Å²) < 4.78 is 17.1. The highest BCUT2D eigenvalue weighted by atomic mass is 16.6. The van der Waals surface area contributed by atoms with Gasteiger partial charge in [-0.25, -0.2) is 4.79 Å². The zero-order valence-corrected chi connectivity index (χ0v) is 40.4. The molecule has 0 aromatic heterocycles. The molecule has 1 N–H and O–H groups in total. The largest absolute Gasteiger partial charge is 0.463 e. The number of nitrogens with zero attached hydrogens (tertiary/aromatic N) is 1. The second kappa shape index (κ2) is 41.5. The monoisotopic (exact) mass is 837 g/mol. The lowest BCUT2D eigenvalue weighted by molar-refractivity contribution is -0.150. The summed E-state index contributed by atoms with van der Waals surface area (Å²) in [4.78, 5) is 39.9. The molecule has 0 saturated carbocycles. The van der Waals surface area contributed by atoms with Crippen LogP contribution in [0.5, 0.6) is 0 Å². The standard InChI is InChI=1S/C51H100N2O6/c1-8-11-14-17-22-29-37-46(4)57-48(54)40-32-25-20-27-34-43-53(45-36-42-52-50(56)59-51(5,6)7)44-35-28-21-26-33-41-49(55)58-47(38-30-23-18-15-12-9-2)39-31-24-19-16-13-10-3/h46-47H,8-45H2,1-7H3,(H,52,56). The van der Waals surface area contributed by atoms with Gasteiger partial charge in [0.15, 0.2) is 0 Å². The molecule has 350 valence electrons. The molecule has 0 aliphatic heterocycles. The van der Waals surface area contributed by atoms with Crippen molar-refractivity contribution in [2.24, 2.45) is 0 Å². The minimum absolute atomic E-state index is 0.00599. The van der Waals surface area contributed by atoms with Gasteiger partial charge >= 0.3 is 18.0 Å². The summed E-state index contributed by atoms with van der Waals surface area (Å²) in [6.45, 7) is 18.1. The van der Waals surface area contributed by atoms with E-state index in [1.165, 1.54) is 109 Å². The molecule has 1 atom stereocenters. The highest BCUT2D eigenvalue weighted by molar-refractivity contribution is 5.69. The van der Waals surface area contributed by atoms with E-state index >= 15 is 0 Å². The molecule has 59 heavy (non-hydrogen) atoms. The summed E-state index contributed by atoms with van der Waals surface area (Å²) in [7, 11) is 0. The van der Waals surface area contributed by atoms with Crippen molar-refractivity contribution in [3.05, 3.63) is 0 Å². The molecule has 0 radical (unpaired) electrons. The fourth-order valence-corrected chi connectivity index (χ4v) is 7.78. The van der Waals surface area contributed by atoms with Gasteiger partial charge in [-0.15, -0.1) is 0 Å². The first-order chi connectivity index (χ1) is 28.5. The number of carbonyl (C=O) groups is 3. The van der Waals surface area contributed by atoms with E-state index in [1.54, 1.807) is 0 Å². The Kier molecular flexibility index (Phi) is 40.2. The van der Waals surface area contributed by atoms with Gasteiger partial charge < -0.3 is 24.4 Å². The first kappa shape index (κ1) is 57.2. The maximum atomic E-state index is 12.8. The van der Waals surface area contributed by atoms with E-state index in [0.29, 0.717) is 19.4 Å². The molecular formula is C51H100N2O6. The minimum Gasteiger partial charge on any atom is -0.463 e. The maximum absolute atomic E-state index is 12.8. The van der Waals surface area contributed by atoms with Gasteiger partial charge in [0, 0.05) is 19.4 Å². The van der Waals surface area contributed by atoms with Crippen LogP contribution in [-0.4, -0.2) is 66.9 Å². The predicted octanol–water partition coefficient (Wildman–Crippen LogP) is 15.0. The first-order valence-corrected chi connectivity index (χ1v) is 25.6. The van der Waals surface area contributed by atoms with E-state index in [2.05, 4.69) is 31.0 Å². The van der Waals surface area contributed by atoms with Crippen LogP contribution in [0.1, 0.15) is 267 Å². The van der Waals surface area contributed by atoms with E-state index in [0.717, 1.165) is 116 Å². The van der Waals surface area contributed by atoms with Crippen molar-refractivity contribution in [2.45, 2.75) is 285 Å². The van der Waals surface area contributed by atoms with Gasteiger partial charge in [-0.05, 0) is 118 Å². The molecular weight excluding hydrogens is 737 g/mol. The number of unbranched alkanes of at least 4 members (excludes halogenated alkanes) is 23. The van der Waals surface area contributed by atoms with Crippen LogP contribution < -0.4 is 5.32 Å². The molecule has 1 amide bonds. The summed E-state index contributed by atoms with van der Waals surface area (Å²) in [5.41, 5.74) is -0.495. The topological polar surface area (TPSA) is 94.2 Å². The van der Waals surface area contributed by atoms with E-state index < -0.39 is 5.60 Å². The van der Waals surface area contributed by atoms with Crippen LogP contribution in [-0.2, 0) is 23.8 Å². The van der Waals surface area contributed by atoms with Gasteiger partial charge in [0.2, 0.25) is 0 Å². The summed E-state index contributed by atoms with van der Waals surface area (Å²) in [5, 5.41) is 2.91. The minimum atomic E-state index is -0.495. The summed E-state index contributed by atoms with van der Waals surface area (Å²) in [5.74, 6) is -0.0349. The lowest BCUT2D eigenvalue weighted by atomic mass is 10.0. The van der Waals surface area contributed by atoms with Gasteiger partial charge in [-0.1, -0.05) is 156 Å². The van der Waals surface area contributed by atoms with Crippen molar-refractivity contribution in [1.82, 2.24) is 10.2 Å². The number of amides is 1. The highest BCUT2D eigenvalue weighted by Crippen LogP contribution is 2.19. The van der Waals surface area contributed by atoms with E-state index in [1.807, 2.05) is 27.7 Å². The van der Waals surface area contributed by atoms with Crippen LogP contribution in [0, 0.1) is 0 Å². The molecule has 0 aliphatic rings. The normalized spacial score (nSPS) is 12.3. The smallest absolute Gasteiger partial charge is 0.407 e. The fourth-order valence-electron chi connectivity index (χ4n) is 7.78. The Labute approximate surface area is 366 Å². The molecule has 0 heterocycles. The molecule has 0 saturated heterocycles. The predicted molar refractivity (Wildman–Crippen MR) is 250 cm³/mol. The molecule has 8 heteroatoms. The molecule has 8 nitrogen and oxygen atoms in total. The van der Waals surface area contributed by atoms with Crippen LogP contribution in [0.15, 0.2) is 0 Å². The Morgan fingerprint density at radius 2 is 0.847 bits per heavy atom. The van der Waals surface area contributed by atoms with E-state index in [-0.39, 0.29) is 30.2 Å². The second-order valence-electron chi connectivity index (χ2n) is 18.7. The average molecular weight is 837 g/mol. The molecule has 0 aromatic rings. The van der Waals surface area contributed by atoms with Crippen LogP contribution in [0.2, 0.25) is 0 Å². The summed E-state index contributed by atoms with van der Waals surface area (Å²) in [6, 6.07) is 0. The Bertz CT molecular complexity index is 937. The number of hydrogen-bond donors (Lipinski definition) is 1. The lowest BCUT2D eigenvalue weighted by Crippen LogP contribution is -2.35. The van der Waals surface area contributed by atoms with Crippen LogP contribution in [0.3, 0.4) is 0 Å². The number of rotatable bonds is 43. The third-order valence-electron chi connectivity index (χ3n) is 11.4. The van der Waals surface area contributed by atoms with Gasteiger partial charge in [0.1, 0.15) is 11.7 Å². The molecule has 1 unspecified atom stereocenters. The Balaban J connectivity index is 4.50. The van der Waals surface area contributed by atoms with Gasteiger partial charge in [-0.2, -0.15) is 0 Å². The number of hydrogen-bond acceptors (Lipinski definition) is 7. The molecule has 0 aliphatic carbocycles. The summed E-state index contributed by atoms with van der Waals surface area (Å²) >= 11 is 0. The van der Waals surface area contributed by atoms with Crippen molar-refractivity contribution < 1.29 is 28.6 Å². The van der Waals surface area contributed by atoms with Gasteiger partial charge in [0.25, 0.3) is 0 Å². The number of nitrogens with one attached hydrogen (secondary N) is 1. The zero-order valence-electron chi connectivity index (χ0n) is 40.4. The molecule has 0 rings (SSSR count). The maximum Gasteiger partial charge on any atom is 0.407 e. The van der Waals surface area contributed by atoms with Crippen molar-refractivity contribution in [2.75, 3.05) is 26.2 Å². The Hall–Kier alpha value is -1.83. The third-order valence-corrected chi connectivity index (χ3v) is 11.4. The number of esters is 2. The zero-order chi connectivity index (χ0) is 43.7. The quantitative estimate of drug-likeness (QED) is 0.0371. The molecule has 0 bridgehead atoms. The molecule has 0 spiro atoms. The molecule has 0 fully saturated rings. The third kappa shape index (κ3) is 42.6. The number of carbonyl (C=O) groups excluding carboxylic acids is 3. The Morgan fingerprint density at radius 3 is 1.31 bits per heavy atom. The Morgan fingerprint density at radius 1 is 0.475 bits per heavy atom. The molecule has 0 aromatic carbocycles. The van der Waals surface area contributed by atoms with Crippen molar-refractivity contribution in [3.63, 3.8) is 0 Å². The van der Waals surface area contributed by atoms with Crippen molar-refractivity contribution in [1.29, 1.82) is 0 Å². The van der Waals surface area contributed by atoms with E-state index in [4.69, 9.17) is 14.2 Å². The fraction of sp³-hybridized carbons (Fsp3) is 0.941. The van der Waals surface area contributed by atoms with Crippen molar-refractivity contribution in [3.8, 4) is 0 Å². The van der Waals surface area contributed by atoms with Gasteiger partial charge in [-0.3, -0.25) is 9.59 Å².